The summed E-state index contributed by atoms with van der Waals surface area (Å²) in [4.78, 5) is 0. The predicted octanol–water partition coefficient (Wildman–Crippen LogP) is 1.32. The van der Waals surface area contributed by atoms with Crippen LogP contribution in [0.25, 0.3) is 0 Å². The van der Waals surface area contributed by atoms with E-state index >= 15 is 0 Å². The fraction of sp³-hybridized carbons (Fsp3) is 0.250. The average Bonchev–Trinajstić information content (AvgIpc) is 2.04. The van der Waals surface area contributed by atoms with E-state index in [9.17, 15) is 0 Å². The minimum absolute atomic E-state index is 0.0224. The Bertz CT molecular complexity index is 248. The van der Waals surface area contributed by atoms with Crippen molar-refractivity contribution in [1.29, 1.82) is 0 Å². The van der Waals surface area contributed by atoms with Gasteiger partial charge in [-0.05, 0) is 17.2 Å². The summed E-state index contributed by atoms with van der Waals surface area (Å²) < 4.78 is 0. The smallest absolute Gasteiger partial charge is 0.0696 e. The standard InChI is InChI=1S/C8H9ClO2/c9-8-3-6(4-10)1-2-7(8)5-11/h1-3,10-11H,4-5H2. The molecule has 0 aromatic heterocycles. The molecule has 1 aromatic rings. The summed E-state index contributed by atoms with van der Waals surface area (Å²) in [6, 6.07) is 5.08. The Morgan fingerprint density at radius 3 is 2.36 bits per heavy atom. The van der Waals surface area contributed by atoms with Crippen LogP contribution in [0.3, 0.4) is 0 Å². The zero-order valence-electron chi connectivity index (χ0n) is 5.92. The Balaban J connectivity index is 2.99. The van der Waals surface area contributed by atoms with Gasteiger partial charge in [-0.3, -0.25) is 0 Å². The van der Waals surface area contributed by atoms with Gasteiger partial charge in [0.25, 0.3) is 0 Å². The minimum Gasteiger partial charge on any atom is -0.392 e. The largest absolute Gasteiger partial charge is 0.392 e. The van der Waals surface area contributed by atoms with E-state index in [-0.39, 0.29) is 13.2 Å². The van der Waals surface area contributed by atoms with Gasteiger partial charge in [0, 0.05) is 5.02 Å². The second-order valence-electron chi connectivity index (χ2n) is 2.24. The first-order chi connectivity index (χ1) is 5.27. The third-order valence-electron chi connectivity index (χ3n) is 1.47. The molecule has 0 fully saturated rings. The van der Waals surface area contributed by atoms with Crippen LogP contribution in [-0.2, 0) is 13.2 Å². The van der Waals surface area contributed by atoms with Crippen molar-refractivity contribution in [1.82, 2.24) is 0 Å². The van der Waals surface area contributed by atoms with Crippen molar-refractivity contribution in [2.24, 2.45) is 0 Å². The second-order valence-corrected chi connectivity index (χ2v) is 2.65. The number of hydrogen-bond donors (Lipinski definition) is 2. The number of aliphatic hydroxyl groups is 2. The van der Waals surface area contributed by atoms with Gasteiger partial charge in [-0.1, -0.05) is 23.7 Å². The maximum absolute atomic E-state index is 8.74. The van der Waals surface area contributed by atoms with Crippen LogP contribution in [0.5, 0.6) is 0 Å². The van der Waals surface area contributed by atoms with Gasteiger partial charge in [0.05, 0.1) is 13.2 Å². The number of hydrogen-bond acceptors (Lipinski definition) is 2. The van der Waals surface area contributed by atoms with E-state index < -0.39 is 0 Å². The van der Waals surface area contributed by atoms with Gasteiger partial charge in [0.1, 0.15) is 0 Å². The second kappa shape index (κ2) is 3.72. The van der Waals surface area contributed by atoms with E-state index in [1.807, 2.05) is 0 Å². The van der Waals surface area contributed by atoms with Crippen LogP contribution in [0.2, 0.25) is 5.02 Å². The van der Waals surface area contributed by atoms with Crippen molar-refractivity contribution in [2.75, 3.05) is 0 Å². The normalized spacial score (nSPS) is 10.1. The lowest BCUT2D eigenvalue weighted by atomic mass is 10.1. The topological polar surface area (TPSA) is 40.5 Å². The number of halogens is 1. The molecular formula is C8H9ClO2. The quantitative estimate of drug-likeness (QED) is 0.707. The molecule has 0 unspecified atom stereocenters. The van der Waals surface area contributed by atoms with Crippen LogP contribution in [0.15, 0.2) is 18.2 Å². The molecule has 1 rings (SSSR count). The summed E-state index contributed by atoms with van der Waals surface area (Å²) in [6.45, 7) is -0.0873. The van der Waals surface area contributed by atoms with E-state index in [1.54, 1.807) is 18.2 Å². The van der Waals surface area contributed by atoms with Gasteiger partial charge in [0.15, 0.2) is 0 Å². The van der Waals surface area contributed by atoms with Gasteiger partial charge in [-0.15, -0.1) is 0 Å². The zero-order chi connectivity index (χ0) is 8.27. The summed E-state index contributed by atoms with van der Waals surface area (Å²) in [6.07, 6.45) is 0. The average molecular weight is 173 g/mol. The van der Waals surface area contributed by atoms with Crippen LogP contribution < -0.4 is 0 Å². The van der Waals surface area contributed by atoms with Crippen molar-refractivity contribution in [2.45, 2.75) is 13.2 Å². The maximum atomic E-state index is 8.74. The highest BCUT2D eigenvalue weighted by Crippen LogP contribution is 2.17. The molecule has 0 aliphatic heterocycles. The third-order valence-corrected chi connectivity index (χ3v) is 1.82. The molecular weight excluding hydrogens is 164 g/mol. The number of aliphatic hydroxyl groups excluding tert-OH is 2. The van der Waals surface area contributed by atoms with Crippen LogP contribution in [0.4, 0.5) is 0 Å². The summed E-state index contributed by atoms with van der Waals surface area (Å²) in [5.41, 5.74) is 1.44. The molecule has 11 heavy (non-hydrogen) atoms. The SMILES string of the molecule is OCc1ccc(CO)c(Cl)c1. The molecule has 0 spiro atoms. The van der Waals surface area contributed by atoms with E-state index in [0.717, 1.165) is 5.56 Å². The molecule has 0 aliphatic carbocycles. The highest BCUT2D eigenvalue weighted by atomic mass is 35.5. The van der Waals surface area contributed by atoms with Gasteiger partial charge >= 0.3 is 0 Å². The van der Waals surface area contributed by atoms with Crippen LogP contribution in [0, 0.1) is 0 Å². The molecule has 0 aliphatic rings. The van der Waals surface area contributed by atoms with Gasteiger partial charge in [-0.25, -0.2) is 0 Å². The van der Waals surface area contributed by atoms with Gasteiger partial charge < -0.3 is 10.2 Å². The van der Waals surface area contributed by atoms with Crippen molar-refractivity contribution >= 4 is 11.6 Å². The molecule has 3 heteroatoms. The third kappa shape index (κ3) is 1.93. The van der Waals surface area contributed by atoms with Crippen LogP contribution >= 0.6 is 11.6 Å². The molecule has 0 atom stereocenters. The Labute approximate surface area is 70.1 Å². The molecule has 60 valence electrons. The first kappa shape index (κ1) is 8.53. The minimum atomic E-state index is -0.0649. The molecule has 0 bridgehead atoms. The molecule has 0 heterocycles. The summed E-state index contributed by atoms with van der Waals surface area (Å²) in [7, 11) is 0. The summed E-state index contributed by atoms with van der Waals surface area (Å²) in [5.74, 6) is 0. The molecule has 0 amide bonds. The monoisotopic (exact) mass is 172 g/mol. The van der Waals surface area contributed by atoms with Crippen molar-refractivity contribution < 1.29 is 10.2 Å². The van der Waals surface area contributed by atoms with Crippen molar-refractivity contribution in [3.63, 3.8) is 0 Å². The maximum Gasteiger partial charge on any atom is 0.0696 e. The van der Waals surface area contributed by atoms with E-state index in [1.165, 1.54) is 0 Å². The molecule has 0 saturated heterocycles. The highest BCUT2D eigenvalue weighted by molar-refractivity contribution is 6.31. The Morgan fingerprint density at radius 1 is 1.18 bits per heavy atom. The van der Waals surface area contributed by atoms with Gasteiger partial charge in [-0.2, -0.15) is 0 Å². The van der Waals surface area contributed by atoms with Crippen molar-refractivity contribution in [3.05, 3.63) is 34.3 Å². The van der Waals surface area contributed by atoms with E-state index in [2.05, 4.69) is 0 Å². The lowest BCUT2D eigenvalue weighted by Crippen LogP contribution is -1.88. The van der Waals surface area contributed by atoms with Crippen LogP contribution in [-0.4, -0.2) is 10.2 Å². The number of benzene rings is 1. The highest BCUT2D eigenvalue weighted by Gasteiger charge is 1.98. The van der Waals surface area contributed by atoms with Crippen LogP contribution in [0.1, 0.15) is 11.1 Å². The molecule has 0 radical (unpaired) electrons. The first-order valence-electron chi connectivity index (χ1n) is 3.27. The lowest BCUT2D eigenvalue weighted by Gasteiger charge is -2.01. The first-order valence-corrected chi connectivity index (χ1v) is 3.64. The fourth-order valence-corrected chi connectivity index (χ4v) is 1.08. The molecule has 2 nitrogen and oxygen atoms in total. The lowest BCUT2D eigenvalue weighted by molar-refractivity contribution is 0.278. The van der Waals surface area contributed by atoms with E-state index in [0.29, 0.717) is 10.6 Å². The molecule has 1 aromatic carbocycles. The molecule has 0 saturated carbocycles. The van der Waals surface area contributed by atoms with Crippen molar-refractivity contribution in [3.8, 4) is 0 Å². The van der Waals surface area contributed by atoms with Gasteiger partial charge in [0.2, 0.25) is 0 Å². The molecule has 2 N–H and O–H groups in total. The Morgan fingerprint density at radius 2 is 1.91 bits per heavy atom. The Kier molecular flexibility index (Phi) is 2.88. The summed E-state index contributed by atoms with van der Waals surface area (Å²) >= 11 is 5.74. The number of rotatable bonds is 2. The Hall–Kier alpha value is -0.570. The summed E-state index contributed by atoms with van der Waals surface area (Å²) in [5, 5.41) is 17.9. The predicted molar refractivity (Wildman–Crippen MR) is 43.3 cm³/mol. The zero-order valence-corrected chi connectivity index (χ0v) is 6.67. The van der Waals surface area contributed by atoms with E-state index in [4.69, 9.17) is 21.8 Å². The fourth-order valence-electron chi connectivity index (χ4n) is 0.817.